The van der Waals surface area contributed by atoms with Crippen LogP contribution < -0.4 is 4.74 Å². The fourth-order valence-corrected chi connectivity index (χ4v) is 2.24. The van der Waals surface area contributed by atoms with E-state index in [0.29, 0.717) is 16.9 Å². The van der Waals surface area contributed by atoms with E-state index in [1.54, 1.807) is 54.6 Å². The summed E-state index contributed by atoms with van der Waals surface area (Å²) in [5, 5.41) is 10.9. The Morgan fingerprint density at radius 3 is 2.59 bits per heavy atom. The van der Waals surface area contributed by atoms with Crippen LogP contribution in [-0.4, -0.2) is 10.9 Å². The summed E-state index contributed by atoms with van der Waals surface area (Å²) >= 11 is 0. The summed E-state index contributed by atoms with van der Waals surface area (Å²) in [6.07, 6.45) is 4.81. The molecule has 0 saturated carbocycles. The van der Waals surface area contributed by atoms with Crippen molar-refractivity contribution in [2.45, 2.75) is 0 Å². The van der Waals surface area contributed by atoms with Crippen molar-refractivity contribution in [1.82, 2.24) is 0 Å². The molecule has 0 aliphatic carbocycles. The zero-order chi connectivity index (χ0) is 15.5. The normalized spacial score (nSPS) is 15.1. The molecule has 0 aromatic heterocycles. The second-order valence-electron chi connectivity index (χ2n) is 4.64. The first-order valence-corrected chi connectivity index (χ1v) is 6.60. The predicted molar refractivity (Wildman–Crippen MR) is 82.2 cm³/mol. The van der Waals surface area contributed by atoms with Crippen LogP contribution in [0.15, 0.2) is 60.7 Å². The van der Waals surface area contributed by atoms with Crippen molar-refractivity contribution in [3.8, 4) is 5.75 Å². The van der Waals surface area contributed by atoms with Gasteiger partial charge in [-0.25, -0.2) is 4.79 Å². The Balaban J connectivity index is 1.92. The summed E-state index contributed by atoms with van der Waals surface area (Å²) in [6, 6.07) is 13.5. The van der Waals surface area contributed by atoms with E-state index in [1.807, 2.05) is 6.07 Å². The van der Waals surface area contributed by atoms with Crippen LogP contribution in [0.5, 0.6) is 5.75 Å². The minimum absolute atomic E-state index is 0.0200. The lowest BCUT2D eigenvalue weighted by Gasteiger charge is -1.96. The Labute approximate surface area is 126 Å². The summed E-state index contributed by atoms with van der Waals surface area (Å²) < 4.78 is 5.13. The molecule has 0 saturated heterocycles. The maximum atomic E-state index is 11.8. The number of allylic oxidation sites excluding steroid dienone is 2. The zero-order valence-electron chi connectivity index (χ0n) is 11.4. The number of nitrogens with zero attached hydrogens (tertiary/aromatic N) is 1. The average Bonchev–Trinajstić information content (AvgIpc) is 2.83. The van der Waals surface area contributed by atoms with Crippen molar-refractivity contribution in [3.63, 3.8) is 0 Å². The van der Waals surface area contributed by atoms with E-state index < -0.39 is 10.9 Å². The van der Waals surface area contributed by atoms with Crippen LogP contribution in [0.25, 0.3) is 11.6 Å². The molecule has 22 heavy (non-hydrogen) atoms. The average molecular weight is 293 g/mol. The fraction of sp³-hybridized carbons (Fsp3) is 0. The highest BCUT2D eigenvalue weighted by atomic mass is 16.6. The number of nitro benzene ring substituents is 1. The molecule has 0 radical (unpaired) electrons. The van der Waals surface area contributed by atoms with Gasteiger partial charge in [0.1, 0.15) is 5.75 Å². The minimum Gasteiger partial charge on any atom is -0.422 e. The molecule has 5 heteroatoms. The van der Waals surface area contributed by atoms with E-state index in [4.69, 9.17) is 4.74 Å². The summed E-state index contributed by atoms with van der Waals surface area (Å²) in [4.78, 5) is 22.3. The molecule has 0 atom stereocenters. The molecule has 3 rings (SSSR count). The number of ether oxygens (including phenoxy) is 1. The van der Waals surface area contributed by atoms with Crippen molar-refractivity contribution >= 4 is 23.3 Å². The molecule has 0 amide bonds. The van der Waals surface area contributed by atoms with Gasteiger partial charge in [0.2, 0.25) is 0 Å². The largest absolute Gasteiger partial charge is 0.422 e. The van der Waals surface area contributed by atoms with Crippen molar-refractivity contribution < 1.29 is 14.5 Å². The first-order chi connectivity index (χ1) is 10.7. The number of rotatable bonds is 3. The first kappa shape index (κ1) is 13.8. The lowest BCUT2D eigenvalue weighted by atomic mass is 10.1. The molecule has 1 heterocycles. The predicted octanol–water partition coefficient (Wildman–Crippen LogP) is 3.61. The third kappa shape index (κ3) is 2.52. The molecule has 0 unspecified atom stereocenters. The van der Waals surface area contributed by atoms with Gasteiger partial charge in [0.25, 0.3) is 5.69 Å². The molecule has 2 aromatic carbocycles. The third-order valence-electron chi connectivity index (χ3n) is 3.27. The van der Waals surface area contributed by atoms with Gasteiger partial charge in [-0.15, -0.1) is 0 Å². The van der Waals surface area contributed by atoms with Crippen LogP contribution in [0.4, 0.5) is 5.69 Å². The Kier molecular flexibility index (Phi) is 3.53. The maximum Gasteiger partial charge on any atom is 0.344 e. The number of benzene rings is 2. The molecule has 0 fully saturated rings. The monoisotopic (exact) mass is 293 g/mol. The van der Waals surface area contributed by atoms with Gasteiger partial charge in [-0.2, -0.15) is 0 Å². The van der Waals surface area contributed by atoms with Crippen molar-refractivity contribution in [3.05, 3.63) is 81.9 Å². The van der Waals surface area contributed by atoms with Crippen LogP contribution in [0.2, 0.25) is 0 Å². The second kappa shape index (κ2) is 5.65. The van der Waals surface area contributed by atoms with Gasteiger partial charge in [0, 0.05) is 11.6 Å². The minimum atomic E-state index is -0.439. The Bertz CT molecular complexity index is 821. The second-order valence-corrected chi connectivity index (χ2v) is 4.64. The van der Waals surface area contributed by atoms with Gasteiger partial charge in [0.15, 0.2) is 0 Å². The molecule has 0 spiro atoms. The van der Waals surface area contributed by atoms with Gasteiger partial charge >= 0.3 is 5.97 Å². The van der Waals surface area contributed by atoms with Crippen LogP contribution in [-0.2, 0) is 4.79 Å². The van der Waals surface area contributed by atoms with E-state index in [0.717, 1.165) is 5.56 Å². The molecule has 1 aliphatic rings. The number of nitro groups is 1. The summed E-state index contributed by atoms with van der Waals surface area (Å²) in [5.74, 6) is 0.103. The van der Waals surface area contributed by atoms with E-state index in [-0.39, 0.29) is 5.69 Å². The van der Waals surface area contributed by atoms with E-state index in [2.05, 4.69) is 0 Å². The quantitative estimate of drug-likeness (QED) is 0.285. The number of hydrogen-bond acceptors (Lipinski definition) is 4. The lowest BCUT2D eigenvalue weighted by molar-refractivity contribution is -0.385. The van der Waals surface area contributed by atoms with E-state index in [1.165, 1.54) is 6.07 Å². The number of para-hydroxylation sites is 2. The highest BCUT2D eigenvalue weighted by molar-refractivity contribution is 6.21. The highest BCUT2D eigenvalue weighted by Crippen LogP contribution is 2.33. The van der Waals surface area contributed by atoms with Crippen LogP contribution >= 0.6 is 0 Å². The third-order valence-corrected chi connectivity index (χ3v) is 3.27. The smallest absolute Gasteiger partial charge is 0.344 e. The van der Waals surface area contributed by atoms with E-state index in [9.17, 15) is 14.9 Å². The van der Waals surface area contributed by atoms with E-state index >= 15 is 0 Å². The fourth-order valence-electron chi connectivity index (χ4n) is 2.24. The summed E-state index contributed by atoms with van der Waals surface area (Å²) in [7, 11) is 0. The number of carbonyl (C=O) groups is 1. The topological polar surface area (TPSA) is 69.4 Å². The molecule has 0 bridgehead atoms. The Morgan fingerprint density at radius 2 is 1.77 bits per heavy atom. The Morgan fingerprint density at radius 1 is 1.05 bits per heavy atom. The van der Waals surface area contributed by atoms with Crippen molar-refractivity contribution in [2.24, 2.45) is 0 Å². The molecule has 2 aromatic rings. The molecule has 108 valence electrons. The standard InChI is InChI=1S/C17H11NO4/c19-17-14(13-8-2-4-11-16(13)22-17)9-5-7-12-6-1-3-10-15(12)18(20)21/h1-11H/b7-5+,14-9-. The maximum absolute atomic E-state index is 11.8. The van der Waals surface area contributed by atoms with Gasteiger partial charge in [-0.05, 0) is 24.3 Å². The number of fused-ring (bicyclic) bond motifs is 1. The molecular formula is C17H11NO4. The van der Waals surface area contributed by atoms with Gasteiger partial charge in [-0.3, -0.25) is 10.1 Å². The van der Waals surface area contributed by atoms with Crippen LogP contribution in [0.1, 0.15) is 11.1 Å². The van der Waals surface area contributed by atoms with Crippen LogP contribution in [0, 0.1) is 10.1 Å². The van der Waals surface area contributed by atoms with Gasteiger partial charge < -0.3 is 4.74 Å². The van der Waals surface area contributed by atoms with Crippen molar-refractivity contribution in [1.29, 1.82) is 0 Å². The van der Waals surface area contributed by atoms with Crippen LogP contribution in [0.3, 0.4) is 0 Å². The Hall–Kier alpha value is -3.21. The van der Waals surface area contributed by atoms with Crippen molar-refractivity contribution in [2.75, 3.05) is 0 Å². The van der Waals surface area contributed by atoms with Gasteiger partial charge in [-0.1, -0.05) is 36.4 Å². The first-order valence-electron chi connectivity index (χ1n) is 6.60. The molecule has 1 aliphatic heterocycles. The molecule has 5 nitrogen and oxygen atoms in total. The molecule has 0 N–H and O–H groups in total. The number of hydrogen-bond donors (Lipinski definition) is 0. The number of carbonyl (C=O) groups excluding carboxylic acids is 1. The highest BCUT2D eigenvalue weighted by Gasteiger charge is 2.25. The SMILES string of the molecule is O=C1Oc2ccccc2/C1=C/C=C/c1ccccc1[N+](=O)[O-]. The number of esters is 1. The lowest BCUT2D eigenvalue weighted by Crippen LogP contribution is -1.99. The molecular weight excluding hydrogens is 282 g/mol. The summed E-state index contributed by atoms with van der Waals surface area (Å²) in [5.41, 5.74) is 1.65. The van der Waals surface area contributed by atoms with Gasteiger partial charge in [0.05, 0.1) is 16.1 Å². The zero-order valence-corrected chi connectivity index (χ0v) is 11.4. The summed E-state index contributed by atoms with van der Waals surface area (Å²) in [6.45, 7) is 0.